The van der Waals surface area contributed by atoms with Crippen LogP contribution in [0.15, 0.2) is 84.9 Å². The highest BCUT2D eigenvalue weighted by Crippen LogP contribution is 2.47. The van der Waals surface area contributed by atoms with Gasteiger partial charge in [0.1, 0.15) is 0 Å². The number of nitrogens with one attached hydrogen (secondary N) is 2. The van der Waals surface area contributed by atoms with E-state index in [4.69, 9.17) is 71.0 Å². The van der Waals surface area contributed by atoms with Crippen LogP contribution in [-0.4, -0.2) is 185 Å². The Balaban J connectivity index is 0.000000617. The van der Waals surface area contributed by atoms with E-state index < -0.39 is 142 Å². The van der Waals surface area contributed by atoms with Crippen LogP contribution < -0.4 is 57.4 Å². The van der Waals surface area contributed by atoms with Gasteiger partial charge in [0.05, 0.1) is 92.6 Å². The molecule has 37 heteroatoms. The number of ether oxygens (including phenoxy) is 8. The van der Waals surface area contributed by atoms with E-state index in [1.165, 1.54) is 6.92 Å². The summed E-state index contributed by atoms with van der Waals surface area (Å²) in [7, 11) is 7.48. The van der Waals surface area contributed by atoms with E-state index in [1.54, 1.807) is 63.1 Å². The summed E-state index contributed by atoms with van der Waals surface area (Å²) in [5, 5.41) is 43.4. The topological polar surface area (TPSA) is 426 Å². The minimum atomic E-state index is -5.17. The molecule has 718 valence electrons. The van der Waals surface area contributed by atoms with Gasteiger partial charge in [-0.1, -0.05) is 74.4 Å². The van der Waals surface area contributed by atoms with Crippen LogP contribution in [0.1, 0.15) is 193 Å². The Kier molecular flexibility index (Phi) is 47.6. The normalized spacial score (nSPS) is 15.5. The molecule has 0 bridgehead atoms. The molecule has 28 nitrogen and oxygen atoms in total. The monoisotopic (exact) mass is 1820 g/mol. The fourth-order valence-electron chi connectivity index (χ4n) is 13.6. The molecule has 0 spiro atoms. The molecule has 1 aliphatic rings. The van der Waals surface area contributed by atoms with Crippen molar-refractivity contribution in [3.8, 4) is 23.0 Å². The number of carbonyl (C=O) groups excluding carboxylic acids is 6. The fraction of sp³-hybridized carbons (Fsp3) is 0.622. The van der Waals surface area contributed by atoms with Crippen molar-refractivity contribution in [3.63, 3.8) is 0 Å². The molecule has 127 heavy (non-hydrogen) atoms. The van der Waals surface area contributed by atoms with Gasteiger partial charge in [0.15, 0.2) is 23.0 Å². The molecule has 0 fully saturated rings. The molecule has 1 heterocycles. The number of aliphatic hydroxyl groups is 2. The Labute approximate surface area is 739 Å². The van der Waals surface area contributed by atoms with Crippen LogP contribution >= 0.6 is 0 Å². The van der Waals surface area contributed by atoms with E-state index in [0.717, 1.165) is 59.8 Å². The summed E-state index contributed by atoms with van der Waals surface area (Å²) < 4.78 is 165. The largest absolute Gasteiger partial charge is 0.493 e. The number of alkyl halides is 9. The second-order valence-electron chi connectivity index (χ2n) is 34.0. The molecule has 0 radical (unpaired) electrons. The van der Waals surface area contributed by atoms with Gasteiger partial charge in [-0.3, -0.25) is 29.0 Å². The molecular weight excluding hydrogens is 1680 g/mol. The molecule has 0 aliphatic carbocycles. The predicted molar refractivity (Wildman–Crippen MR) is 460 cm³/mol. The highest BCUT2D eigenvalue weighted by molar-refractivity contribution is 5.91. The molecule has 10 atom stereocenters. The number of anilines is 1. The number of rotatable bonds is 45. The second-order valence-corrected chi connectivity index (χ2v) is 34.0. The summed E-state index contributed by atoms with van der Waals surface area (Å²) >= 11 is 0. The number of primary amides is 2. The first kappa shape index (κ1) is 113. The highest BCUT2D eigenvalue weighted by atomic mass is 19.4. The lowest BCUT2D eigenvalue weighted by molar-refractivity contribution is -0.143. The molecule has 6 amide bonds. The standard InChI is InChI=1S/2C30H53N3O6.C26H25F9N2O4.C4H4O4/c2*1-19(2)22(14-21-10-11-26(38-8)27(15-21)39-13-9-12-37-7)16-24(31)25(34)17-23(20(3)4)28(35)33-18-30(5,6)29(32)36;1-4-18-12-21(19-11-15(24(27,28)29)6-7-20(19)37(18)23(39)41-5-2)36(22(38)40-3)13-14-8-16(25(30,31)32)10-17(9-14)26(33,34)35;5-3(6)1-2-4(7)8/h2*10-11,15,19-20,22-25,34H,9,12-14,16-18,31H2,1-8H3,(H2,32,36)(H,33,35);6-11,18,21H,4-5,12-13H2,1-3H3;1-2H,(H,5,6)(H,7,8)/b;;;2-1+/t22-,23+,24-,25-;22-,23-,24-,25-;18-,21+;/m001./s1. The van der Waals surface area contributed by atoms with Crippen LogP contribution in [-0.2, 0) is 85.6 Å². The molecule has 4 aromatic carbocycles. The minimum absolute atomic E-state index is 0.00829. The van der Waals surface area contributed by atoms with Crippen molar-refractivity contribution in [1.82, 2.24) is 15.5 Å². The van der Waals surface area contributed by atoms with Gasteiger partial charge < -0.3 is 91.9 Å². The van der Waals surface area contributed by atoms with Crippen LogP contribution in [0, 0.1) is 58.2 Å². The Bertz CT molecular complexity index is 3950. The maximum absolute atomic E-state index is 13.7. The first-order chi connectivity index (χ1) is 59.0. The number of nitrogens with zero attached hydrogens (tertiary/aromatic N) is 2. The summed E-state index contributed by atoms with van der Waals surface area (Å²) in [6, 6.07) is 12.0. The van der Waals surface area contributed by atoms with E-state index >= 15 is 0 Å². The summed E-state index contributed by atoms with van der Waals surface area (Å²) in [5.74, 6) is -0.929. The van der Waals surface area contributed by atoms with Crippen LogP contribution in [0.25, 0.3) is 0 Å². The van der Waals surface area contributed by atoms with Crippen molar-refractivity contribution in [3.05, 3.63) is 124 Å². The predicted octanol–water partition coefficient (Wildman–Crippen LogP) is 14.5. The summed E-state index contributed by atoms with van der Waals surface area (Å²) in [4.78, 5) is 95.8. The summed E-state index contributed by atoms with van der Waals surface area (Å²) in [6.07, 6.45) is -13.1. The zero-order valence-electron chi connectivity index (χ0n) is 76.3. The highest BCUT2D eigenvalue weighted by Gasteiger charge is 2.45. The van der Waals surface area contributed by atoms with Gasteiger partial charge >= 0.3 is 42.7 Å². The number of benzene rings is 4. The number of methoxy groups -OCH3 is 5. The van der Waals surface area contributed by atoms with E-state index in [2.05, 4.69) is 38.3 Å². The second kappa shape index (κ2) is 53.3. The molecule has 14 N–H and O–H groups in total. The number of halogens is 9. The summed E-state index contributed by atoms with van der Waals surface area (Å²) in [5.41, 5.74) is 19.1. The quantitative estimate of drug-likeness (QED) is 0.0112. The number of nitrogens with two attached hydrogens (primary N) is 4. The molecular formula is C90H135F9N8O20. The molecule has 0 aromatic heterocycles. The van der Waals surface area contributed by atoms with Gasteiger partial charge in [-0.25, -0.2) is 19.2 Å². The van der Waals surface area contributed by atoms with Gasteiger partial charge in [-0.2, -0.15) is 39.5 Å². The van der Waals surface area contributed by atoms with Gasteiger partial charge in [0.2, 0.25) is 23.6 Å². The van der Waals surface area contributed by atoms with Gasteiger partial charge in [0.25, 0.3) is 0 Å². The number of carboxylic acids is 2. The van der Waals surface area contributed by atoms with Gasteiger partial charge in [-0.05, 0) is 204 Å². The van der Waals surface area contributed by atoms with Crippen molar-refractivity contribution >= 4 is 53.4 Å². The molecule has 5 rings (SSSR count). The number of hydrogen-bond donors (Lipinski definition) is 10. The minimum Gasteiger partial charge on any atom is -0.493 e. The molecule has 0 unspecified atom stereocenters. The van der Waals surface area contributed by atoms with Crippen molar-refractivity contribution in [1.29, 1.82) is 0 Å². The number of aliphatic carboxylic acids is 2. The lowest BCUT2D eigenvalue weighted by Crippen LogP contribution is -2.48. The molecule has 4 aromatic rings. The van der Waals surface area contributed by atoms with Crippen LogP contribution in [0.3, 0.4) is 0 Å². The first-order valence-electron chi connectivity index (χ1n) is 42.0. The van der Waals surface area contributed by atoms with Crippen molar-refractivity contribution in [2.75, 3.05) is 86.6 Å². The van der Waals surface area contributed by atoms with E-state index in [1.807, 2.05) is 64.1 Å². The smallest absolute Gasteiger partial charge is 0.416 e. The van der Waals surface area contributed by atoms with Crippen LogP contribution in [0.5, 0.6) is 23.0 Å². The molecule has 1 aliphatic heterocycles. The van der Waals surface area contributed by atoms with Gasteiger partial charge in [-0.15, -0.1) is 0 Å². The number of carbonyl (C=O) groups is 8. The third kappa shape index (κ3) is 38.3. The zero-order chi connectivity index (χ0) is 97.0. The first-order valence-corrected chi connectivity index (χ1v) is 42.0. The number of carboxylic acid groups (broad SMARTS) is 2. The fourth-order valence-corrected chi connectivity index (χ4v) is 13.6. The number of aliphatic hydroxyl groups excluding tert-OH is 2. The Hall–Kier alpha value is -9.69. The molecule has 0 saturated carbocycles. The number of fused-ring (bicyclic) bond motifs is 1. The Morgan fingerprint density at radius 1 is 0.528 bits per heavy atom. The third-order valence-corrected chi connectivity index (χ3v) is 21.9. The third-order valence-electron chi connectivity index (χ3n) is 21.9. The van der Waals surface area contributed by atoms with E-state index in [9.17, 15) is 88.1 Å². The maximum atomic E-state index is 13.7. The van der Waals surface area contributed by atoms with Crippen molar-refractivity contribution in [2.45, 2.75) is 223 Å². The van der Waals surface area contributed by atoms with Crippen LogP contribution in [0.2, 0.25) is 0 Å². The van der Waals surface area contributed by atoms with E-state index in [-0.39, 0.29) is 98.2 Å². The lowest BCUT2D eigenvalue weighted by atomic mass is 9.80. The lowest BCUT2D eigenvalue weighted by Gasteiger charge is -2.43. The number of amides is 6. The van der Waals surface area contributed by atoms with Crippen molar-refractivity contribution < 1.29 is 136 Å². The van der Waals surface area contributed by atoms with E-state index in [0.29, 0.717) is 111 Å². The average Bonchev–Trinajstić information content (AvgIpc) is 0.748. The average molecular weight is 1820 g/mol. The Morgan fingerprint density at radius 2 is 0.929 bits per heavy atom. The SMILES string of the molecule is CCOC(=O)N1c2ccc(C(F)(F)F)cc2[C@@H](N(Cc2cc(C(F)(F)F)cc(C(F)(F)F)c2)C(=O)OC)C[C@H]1CC.COCCCOc1cc(C[C@@H](C[C@H](N)[C@@H](O)C[C@@H](C(=O)NCC(C)(C)C(N)=O)C(C)C)C(C)C)ccc1OC.COCCCOc1cc(C[C@@H](C[C@H](N)[C@@H](O)C[C@H](C(=O)NCC(C)(C)C(N)=O)C(C)C)C(C)C)ccc1OC.O=C(O)/C=C/C(=O)O. The molecule has 0 saturated heterocycles. The van der Waals surface area contributed by atoms with Gasteiger partial charge in [0, 0.05) is 102 Å². The zero-order valence-corrected chi connectivity index (χ0v) is 76.3. The van der Waals surface area contributed by atoms with Crippen LogP contribution in [0.4, 0.5) is 54.8 Å². The van der Waals surface area contributed by atoms with Crippen molar-refractivity contribution in [2.24, 2.45) is 81.1 Å². The Morgan fingerprint density at radius 3 is 1.25 bits per heavy atom. The summed E-state index contributed by atoms with van der Waals surface area (Å²) in [6.45, 7) is 28.0. The number of hydrogen-bond acceptors (Lipinski definition) is 20. The maximum Gasteiger partial charge on any atom is 0.416 e.